The van der Waals surface area contributed by atoms with E-state index in [1.165, 1.54) is 12.2 Å². The summed E-state index contributed by atoms with van der Waals surface area (Å²) in [6, 6.07) is 0. The zero-order valence-electron chi connectivity index (χ0n) is 5.11. The third-order valence-corrected chi connectivity index (χ3v) is 0.554. The van der Waals surface area contributed by atoms with Crippen LogP contribution in [-0.2, 0) is 9.53 Å². The number of aliphatic imine (C=N–C) groups is 1. The van der Waals surface area contributed by atoms with Gasteiger partial charge in [-0.25, -0.2) is 9.59 Å². The van der Waals surface area contributed by atoms with Crippen LogP contribution in [0.1, 0.15) is 0 Å². The molecule has 0 aliphatic rings. The van der Waals surface area contributed by atoms with Crippen LogP contribution in [0.25, 0.3) is 0 Å². The number of primary amides is 1. The Morgan fingerprint density at radius 3 is 3.00 bits per heavy atom. The van der Waals surface area contributed by atoms with Crippen molar-refractivity contribution in [3.8, 4) is 0 Å². The summed E-state index contributed by atoms with van der Waals surface area (Å²) in [5, 5.41) is 0. The van der Waals surface area contributed by atoms with E-state index in [2.05, 4.69) is 15.5 Å². The van der Waals surface area contributed by atoms with Crippen molar-refractivity contribution in [3.05, 3.63) is 12.3 Å². The fraction of sp³-hybridized carbons (Fsp3) is 0.200. The maximum atomic E-state index is 9.89. The van der Waals surface area contributed by atoms with Gasteiger partial charge in [-0.1, -0.05) is 0 Å². The van der Waals surface area contributed by atoms with Crippen LogP contribution in [0.15, 0.2) is 17.3 Å². The standard InChI is InChI=1S/C5H6N2O3/c6-5(9)10-3-1-2-7-4-8/h1-2H,3H2,(H2,6,9). The predicted molar refractivity (Wildman–Crippen MR) is 32.8 cm³/mol. The molecule has 0 saturated heterocycles. The summed E-state index contributed by atoms with van der Waals surface area (Å²) < 4.78 is 4.25. The molecular weight excluding hydrogens is 136 g/mol. The summed E-state index contributed by atoms with van der Waals surface area (Å²) in [5.74, 6) is 0. The highest BCUT2D eigenvalue weighted by Gasteiger charge is 1.85. The zero-order chi connectivity index (χ0) is 7.82. The van der Waals surface area contributed by atoms with E-state index in [1.807, 2.05) is 0 Å². The summed E-state index contributed by atoms with van der Waals surface area (Å²) in [6.07, 6.45) is 2.93. The van der Waals surface area contributed by atoms with Gasteiger partial charge in [-0.3, -0.25) is 0 Å². The summed E-state index contributed by atoms with van der Waals surface area (Å²) in [6.45, 7) is 0.0144. The second-order valence-corrected chi connectivity index (χ2v) is 1.24. The van der Waals surface area contributed by atoms with Crippen LogP contribution in [0.4, 0.5) is 4.79 Å². The van der Waals surface area contributed by atoms with Gasteiger partial charge in [0, 0.05) is 6.20 Å². The quantitative estimate of drug-likeness (QED) is 0.442. The Kier molecular flexibility index (Phi) is 4.64. The SMILES string of the molecule is NC(=O)OCC=CN=C=O. The molecule has 0 unspecified atom stereocenters. The minimum absolute atomic E-state index is 0.0144. The second kappa shape index (κ2) is 5.53. The molecule has 0 rings (SSSR count). The molecule has 0 aromatic heterocycles. The molecule has 5 heteroatoms. The van der Waals surface area contributed by atoms with E-state index in [1.54, 1.807) is 0 Å². The number of carbonyl (C=O) groups excluding carboxylic acids is 2. The van der Waals surface area contributed by atoms with E-state index < -0.39 is 6.09 Å². The van der Waals surface area contributed by atoms with Gasteiger partial charge in [0.2, 0.25) is 6.08 Å². The molecule has 0 atom stereocenters. The minimum Gasteiger partial charge on any atom is -0.445 e. The Hall–Kier alpha value is -1.61. The average molecular weight is 142 g/mol. The fourth-order valence-electron chi connectivity index (χ4n) is 0.256. The van der Waals surface area contributed by atoms with Gasteiger partial charge in [0.1, 0.15) is 6.61 Å². The summed E-state index contributed by atoms with van der Waals surface area (Å²) >= 11 is 0. The molecule has 0 saturated carbocycles. The van der Waals surface area contributed by atoms with E-state index >= 15 is 0 Å². The van der Waals surface area contributed by atoms with Crippen molar-refractivity contribution in [2.45, 2.75) is 0 Å². The van der Waals surface area contributed by atoms with Crippen molar-refractivity contribution in [1.29, 1.82) is 0 Å². The lowest BCUT2D eigenvalue weighted by atomic mass is 10.6. The number of amides is 1. The van der Waals surface area contributed by atoms with Gasteiger partial charge in [0.15, 0.2) is 0 Å². The first-order valence-electron chi connectivity index (χ1n) is 2.41. The van der Waals surface area contributed by atoms with E-state index in [0.717, 1.165) is 6.20 Å². The highest BCUT2D eigenvalue weighted by molar-refractivity contribution is 5.64. The lowest BCUT2D eigenvalue weighted by molar-refractivity contribution is 0.169. The molecule has 0 aromatic carbocycles. The van der Waals surface area contributed by atoms with Crippen LogP contribution in [0.5, 0.6) is 0 Å². The Bertz CT molecular complexity index is 181. The van der Waals surface area contributed by atoms with E-state index in [4.69, 9.17) is 0 Å². The third kappa shape index (κ3) is 6.39. The van der Waals surface area contributed by atoms with Crippen molar-refractivity contribution in [2.24, 2.45) is 10.7 Å². The van der Waals surface area contributed by atoms with Gasteiger partial charge in [-0.2, -0.15) is 4.99 Å². The fourth-order valence-corrected chi connectivity index (χ4v) is 0.256. The average Bonchev–Trinajstić information content (AvgIpc) is 1.87. The molecular formula is C5H6N2O3. The molecule has 54 valence electrons. The maximum absolute atomic E-state index is 9.89. The molecule has 0 heterocycles. The van der Waals surface area contributed by atoms with Crippen LogP contribution in [0.3, 0.4) is 0 Å². The van der Waals surface area contributed by atoms with Crippen molar-refractivity contribution in [2.75, 3.05) is 6.61 Å². The number of hydrogen-bond acceptors (Lipinski definition) is 4. The summed E-state index contributed by atoms with van der Waals surface area (Å²) in [7, 11) is 0. The molecule has 0 aliphatic heterocycles. The van der Waals surface area contributed by atoms with Crippen LogP contribution in [0, 0.1) is 0 Å². The maximum Gasteiger partial charge on any atom is 0.404 e. The van der Waals surface area contributed by atoms with Gasteiger partial charge in [-0.15, -0.1) is 0 Å². The Morgan fingerprint density at radius 1 is 1.80 bits per heavy atom. The monoisotopic (exact) mass is 142 g/mol. The predicted octanol–water partition coefficient (Wildman–Crippen LogP) is -0.0688. The third-order valence-electron chi connectivity index (χ3n) is 0.554. The topological polar surface area (TPSA) is 81.8 Å². The van der Waals surface area contributed by atoms with Gasteiger partial charge >= 0.3 is 6.09 Å². The van der Waals surface area contributed by atoms with Crippen molar-refractivity contribution < 1.29 is 14.3 Å². The molecule has 10 heavy (non-hydrogen) atoms. The molecule has 0 spiro atoms. The number of rotatable bonds is 3. The number of nitrogens with zero attached hydrogens (tertiary/aromatic N) is 1. The molecule has 2 N–H and O–H groups in total. The molecule has 5 nitrogen and oxygen atoms in total. The Morgan fingerprint density at radius 2 is 2.50 bits per heavy atom. The van der Waals surface area contributed by atoms with Gasteiger partial charge in [0.25, 0.3) is 0 Å². The van der Waals surface area contributed by atoms with Crippen LogP contribution in [-0.4, -0.2) is 18.8 Å². The van der Waals surface area contributed by atoms with E-state index in [-0.39, 0.29) is 6.61 Å². The number of isocyanates is 1. The number of carbonyl (C=O) groups is 1. The molecule has 0 bridgehead atoms. The van der Waals surface area contributed by atoms with Crippen molar-refractivity contribution in [3.63, 3.8) is 0 Å². The van der Waals surface area contributed by atoms with Gasteiger partial charge < -0.3 is 10.5 Å². The highest BCUT2D eigenvalue weighted by atomic mass is 16.5. The molecule has 0 aromatic rings. The lowest BCUT2D eigenvalue weighted by Gasteiger charge is -1.91. The van der Waals surface area contributed by atoms with Crippen molar-refractivity contribution in [1.82, 2.24) is 0 Å². The molecule has 0 aliphatic carbocycles. The molecule has 1 amide bonds. The lowest BCUT2D eigenvalue weighted by Crippen LogP contribution is -2.12. The van der Waals surface area contributed by atoms with Gasteiger partial charge in [-0.05, 0) is 6.08 Å². The zero-order valence-corrected chi connectivity index (χ0v) is 5.11. The largest absolute Gasteiger partial charge is 0.445 e. The summed E-state index contributed by atoms with van der Waals surface area (Å²) in [4.78, 5) is 22.4. The van der Waals surface area contributed by atoms with Gasteiger partial charge in [0.05, 0.1) is 0 Å². The normalized spacial score (nSPS) is 8.80. The smallest absolute Gasteiger partial charge is 0.404 e. The number of hydrogen-bond donors (Lipinski definition) is 1. The van der Waals surface area contributed by atoms with Crippen LogP contribution in [0.2, 0.25) is 0 Å². The first-order valence-corrected chi connectivity index (χ1v) is 2.41. The Balaban J connectivity index is 3.35. The second-order valence-electron chi connectivity index (χ2n) is 1.24. The van der Waals surface area contributed by atoms with Crippen LogP contribution < -0.4 is 5.73 Å². The Labute approximate surface area is 57.2 Å². The number of ether oxygens (including phenoxy) is 1. The number of nitrogens with two attached hydrogens (primary N) is 1. The van der Waals surface area contributed by atoms with Crippen molar-refractivity contribution >= 4 is 12.2 Å². The van der Waals surface area contributed by atoms with E-state index in [9.17, 15) is 9.59 Å². The molecule has 0 fully saturated rings. The first-order chi connectivity index (χ1) is 4.77. The molecule has 0 radical (unpaired) electrons. The first kappa shape index (κ1) is 8.39. The van der Waals surface area contributed by atoms with Crippen LogP contribution >= 0.6 is 0 Å². The van der Waals surface area contributed by atoms with E-state index in [0.29, 0.717) is 0 Å². The minimum atomic E-state index is -0.861. The highest BCUT2D eigenvalue weighted by Crippen LogP contribution is 1.76. The summed E-state index contributed by atoms with van der Waals surface area (Å²) in [5.41, 5.74) is 4.60.